The summed E-state index contributed by atoms with van der Waals surface area (Å²) in [6.07, 6.45) is -3.41. The fraction of sp³-hybridized carbons (Fsp3) is 0.571. The van der Waals surface area contributed by atoms with Gasteiger partial charge in [0, 0.05) is 6.04 Å². The van der Waals surface area contributed by atoms with Crippen LogP contribution in [-0.4, -0.2) is 38.7 Å². The molecule has 0 spiro atoms. The molecule has 1 aromatic rings. The summed E-state index contributed by atoms with van der Waals surface area (Å²) in [6.45, 7) is 0.285. The Morgan fingerprint density at radius 3 is 2.52 bits per heavy atom. The third-order valence-corrected chi connectivity index (χ3v) is 3.12. The molecule has 2 nitrogen and oxygen atoms in total. The largest absolute Gasteiger partial charge is 0.373 e. The Bertz CT molecular complexity index is 453. The molecule has 1 N–H and O–H groups in total. The van der Waals surface area contributed by atoms with Crippen molar-refractivity contribution in [2.45, 2.75) is 31.7 Å². The van der Waals surface area contributed by atoms with Crippen LogP contribution in [0.4, 0.5) is 22.0 Å². The van der Waals surface area contributed by atoms with Crippen LogP contribution < -0.4 is 5.32 Å². The molecule has 0 radical (unpaired) electrons. The van der Waals surface area contributed by atoms with Crippen LogP contribution in [0.1, 0.15) is 11.1 Å². The molecule has 7 heteroatoms. The molecular formula is C14H18F5NO. The molecule has 0 aromatic heterocycles. The van der Waals surface area contributed by atoms with E-state index < -0.39 is 24.8 Å². The number of hydrogen-bond donors (Lipinski definition) is 1. The van der Waals surface area contributed by atoms with Gasteiger partial charge in [-0.05, 0) is 43.7 Å². The third-order valence-electron chi connectivity index (χ3n) is 3.12. The zero-order chi connectivity index (χ0) is 16.0. The highest BCUT2D eigenvalue weighted by molar-refractivity contribution is 5.27. The Kier molecular flexibility index (Phi) is 6.54. The lowest BCUT2D eigenvalue weighted by Gasteiger charge is -2.20. The molecule has 0 aliphatic carbocycles. The van der Waals surface area contributed by atoms with E-state index in [-0.39, 0.29) is 12.6 Å². The van der Waals surface area contributed by atoms with Gasteiger partial charge in [-0.15, -0.1) is 0 Å². The molecule has 0 saturated carbocycles. The van der Waals surface area contributed by atoms with Crippen molar-refractivity contribution in [2.75, 3.05) is 20.3 Å². The fourth-order valence-electron chi connectivity index (χ4n) is 1.77. The number of hydrogen-bond acceptors (Lipinski definition) is 2. The molecule has 120 valence electrons. The monoisotopic (exact) mass is 311 g/mol. The molecule has 1 rings (SSSR count). The zero-order valence-electron chi connectivity index (χ0n) is 11.8. The fourth-order valence-corrected chi connectivity index (χ4v) is 1.77. The van der Waals surface area contributed by atoms with Crippen LogP contribution in [0.25, 0.3) is 0 Å². The average molecular weight is 311 g/mol. The van der Waals surface area contributed by atoms with Crippen molar-refractivity contribution in [3.05, 3.63) is 35.1 Å². The molecule has 0 saturated heterocycles. The maximum Gasteiger partial charge on any atom is 0.330 e. The quantitative estimate of drug-likeness (QED) is 0.745. The van der Waals surface area contributed by atoms with E-state index in [1.807, 2.05) is 0 Å². The van der Waals surface area contributed by atoms with Crippen molar-refractivity contribution >= 4 is 0 Å². The van der Waals surface area contributed by atoms with Gasteiger partial charge < -0.3 is 10.1 Å². The van der Waals surface area contributed by atoms with Crippen molar-refractivity contribution in [1.82, 2.24) is 5.32 Å². The Morgan fingerprint density at radius 2 is 1.95 bits per heavy atom. The first-order valence-electron chi connectivity index (χ1n) is 6.42. The van der Waals surface area contributed by atoms with Crippen molar-refractivity contribution in [2.24, 2.45) is 0 Å². The van der Waals surface area contributed by atoms with Gasteiger partial charge >= 0.3 is 12.3 Å². The molecule has 1 unspecified atom stereocenters. The number of aryl methyl sites for hydroxylation is 1. The number of benzene rings is 1. The van der Waals surface area contributed by atoms with Crippen LogP contribution in [0.15, 0.2) is 18.2 Å². The molecule has 0 heterocycles. The van der Waals surface area contributed by atoms with E-state index in [1.54, 1.807) is 20.0 Å². The number of alkyl halides is 4. The first-order valence-corrected chi connectivity index (χ1v) is 6.42. The van der Waals surface area contributed by atoms with E-state index in [9.17, 15) is 22.0 Å². The second kappa shape index (κ2) is 7.70. The van der Waals surface area contributed by atoms with Crippen LogP contribution in [0.3, 0.4) is 0 Å². The van der Waals surface area contributed by atoms with E-state index in [0.29, 0.717) is 12.0 Å². The lowest BCUT2D eigenvalue weighted by molar-refractivity contribution is -0.166. The minimum atomic E-state index is -4.16. The summed E-state index contributed by atoms with van der Waals surface area (Å²) >= 11 is 0. The van der Waals surface area contributed by atoms with Crippen molar-refractivity contribution in [1.29, 1.82) is 0 Å². The number of ether oxygens (including phenoxy) is 1. The predicted molar refractivity (Wildman–Crippen MR) is 69.5 cm³/mol. The highest BCUT2D eigenvalue weighted by Gasteiger charge is 2.41. The van der Waals surface area contributed by atoms with Crippen molar-refractivity contribution in [3.8, 4) is 0 Å². The number of nitrogens with one attached hydrogen (secondary N) is 1. The van der Waals surface area contributed by atoms with Gasteiger partial charge in [0.15, 0.2) is 0 Å². The zero-order valence-corrected chi connectivity index (χ0v) is 11.8. The normalized spacial score (nSPS) is 13.7. The summed E-state index contributed by atoms with van der Waals surface area (Å²) in [6, 6.07) is 3.92. The van der Waals surface area contributed by atoms with E-state index in [0.717, 1.165) is 5.56 Å². The predicted octanol–water partition coefficient (Wildman–Crippen LogP) is 3.18. The minimum absolute atomic E-state index is 0.172. The van der Waals surface area contributed by atoms with Gasteiger partial charge in [0.05, 0.1) is 6.61 Å². The van der Waals surface area contributed by atoms with Crippen LogP contribution in [0.2, 0.25) is 0 Å². The van der Waals surface area contributed by atoms with Crippen LogP contribution >= 0.6 is 0 Å². The summed E-state index contributed by atoms with van der Waals surface area (Å²) in [5, 5.41) is 2.83. The van der Waals surface area contributed by atoms with E-state index in [2.05, 4.69) is 10.1 Å². The lowest BCUT2D eigenvalue weighted by Crippen LogP contribution is -2.37. The second-order valence-electron chi connectivity index (χ2n) is 4.84. The van der Waals surface area contributed by atoms with Crippen LogP contribution in [-0.2, 0) is 11.2 Å². The number of rotatable bonds is 8. The SMILES string of the molecule is CNC(COCC(F)(F)C(F)F)Cc1cc(F)ccc1C. The molecule has 21 heavy (non-hydrogen) atoms. The Morgan fingerprint density at radius 1 is 1.29 bits per heavy atom. The highest BCUT2D eigenvalue weighted by Crippen LogP contribution is 2.23. The summed E-state index contributed by atoms with van der Waals surface area (Å²) in [5.74, 6) is -4.55. The Hall–Kier alpha value is -1.21. The topological polar surface area (TPSA) is 21.3 Å². The van der Waals surface area contributed by atoms with E-state index >= 15 is 0 Å². The van der Waals surface area contributed by atoms with Gasteiger partial charge in [-0.2, -0.15) is 8.78 Å². The van der Waals surface area contributed by atoms with Crippen LogP contribution in [0.5, 0.6) is 0 Å². The van der Waals surface area contributed by atoms with Gasteiger partial charge in [0.1, 0.15) is 12.4 Å². The smallest absolute Gasteiger partial charge is 0.330 e. The summed E-state index contributed by atoms with van der Waals surface area (Å²) in [7, 11) is 1.59. The standard InChI is InChI=1S/C14H18F5NO/c1-9-3-4-11(15)5-10(9)6-12(20-2)7-21-8-14(18,19)13(16)17/h3-5,12-13,20H,6-8H2,1-2H3. The third kappa shape index (κ3) is 5.59. The van der Waals surface area contributed by atoms with Crippen molar-refractivity contribution in [3.63, 3.8) is 0 Å². The Labute approximate surface area is 120 Å². The minimum Gasteiger partial charge on any atom is -0.373 e. The van der Waals surface area contributed by atoms with Gasteiger partial charge in [0.25, 0.3) is 0 Å². The van der Waals surface area contributed by atoms with E-state index in [1.165, 1.54) is 12.1 Å². The number of halogens is 5. The van der Waals surface area contributed by atoms with Crippen LogP contribution in [0, 0.1) is 12.7 Å². The first kappa shape index (κ1) is 17.8. The Balaban J connectivity index is 2.54. The molecule has 0 aliphatic rings. The van der Waals surface area contributed by atoms with Gasteiger partial charge in [-0.1, -0.05) is 6.07 Å². The summed E-state index contributed by atoms with van der Waals surface area (Å²) in [4.78, 5) is 0. The lowest BCUT2D eigenvalue weighted by atomic mass is 10.0. The van der Waals surface area contributed by atoms with E-state index in [4.69, 9.17) is 0 Å². The molecular weight excluding hydrogens is 293 g/mol. The maximum atomic E-state index is 13.2. The number of likely N-dealkylation sites (N-methyl/N-ethyl adjacent to an activating group) is 1. The van der Waals surface area contributed by atoms with Crippen molar-refractivity contribution < 1.29 is 26.7 Å². The molecule has 0 fully saturated rings. The maximum absolute atomic E-state index is 13.2. The molecule has 1 atom stereocenters. The molecule has 0 bridgehead atoms. The molecule has 0 amide bonds. The highest BCUT2D eigenvalue weighted by atomic mass is 19.3. The average Bonchev–Trinajstić information content (AvgIpc) is 2.41. The summed E-state index contributed by atoms with van der Waals surface area (Å²) < 4.78 is 67.2. The van der Waals surface area contributed by atoms with Gasteiger partial charge in [-0.3, -0.25) is 0 Å². The van der Waals surface area contributed by atoms with Gasteiger partial charge in [0.2, 0.25) is 0 Å². The second-order valence-corrected chi connectivity index (χ2v) is 4.84. The molecule has 1 aromatic carbocycles. The first-order chi connectivity index (χ1) is 9.76. The van der Waals surface area contributed by atoms with Gasteiger partial charge in [-0.25, -0.2) is 13.2 Å². The molecule has 0 aliphatic heterocycles. The summed E-state index contributed by atoms with van der Waals surface area (Å²) in [5.41, 5.74) is 1.56.